The number of amides is 1. The van der Waals surface area contributed by atoms with Crippen molar-refractivity contribution in [2.75, 3.05) is 18.4 Å². The number of rotatable bonds is 5. The molecule has 0 unspecified atom stereocenters. The number of hydrogen-bond donors (Lipinski definition) is 1. The molecule has 2 rings (SSSR count). The Bertz CT molecular complexity index is 450. The predicted octanol–water partition coefficient (Wildman–Crippen LogP) is 2.92. The van der Waals surface area contributed by atoms with Gasteiger partial charge in [0.1, 0.15) is 5.69 Å². The molecule has 0 saturated heterocycles. The van der Waals surface area contributed by atoms with Gasteiger partial charge in [-0.25, -0.2) is 0 Å². The van der Waals surface area contributed by atoms with Crippen LogP contribution in [-0.2, 0) is 0 Å². The number of carbonyl (C=O) groups is 1. The van der Waals surface area contributed by atoms with E-state index in [1.54, 1.807) is 11.1 Å². The molecule has 0 spiro atoms. The zero-order chi connectivity index (χ0) is 13.9. The lowest BCUT2D eigenvalue weighted by molar-refractivity contribution is 0.0767. The Kier molecular flexibility index (Phi) is 4.08. The van der Waals surface area contributed by atoms with Crippen LogP contribution in [0.5, 0.6) is 0 Å². The van der Waals surface area contributed by atoms with Gasteiger partial charge in [0.05, 0.1) is 0 Å². The highest BCUT2D eigenvalue weighted by Crippen LogP contribution is 2.34. The average molecular weight is 261 g/mol. The summed E-state index contributed by atoms with van der Waals surface area (Å²) in [6.07, 6.45) is 5.37. The summed E-state index contributed by atoms with van der Waals surface area (Å²) in [7, 11) is 0. The molecule has 4 nitrogen and oxygen atoms in total. The molecule has 1 heterocycles. The fourth-order valence-corrected chi connectivity index (χ4v) is 2.48. The van der Waals surface area contributed by atoms with Crippen LogP contribution in [0.1, 0.15) is 50.5 Å². The van der Waals surface area contributed by atoms with Crippen LogP contribution in [0.2, 0.25) is 0 Å². The number of aromatic nitrogens is 1. The van der Waals surface area contributed by atoms with Crippen LogP contribution < -0.4 is 5.32 Å². The molecular weight excluding hydrogens is 238 g/mol. The van der Waals surface area contributed by atoms with Gasteiger partial charge in [-0.2, -0.15) is 0 Å². The predicted molar refractivity (Wildman–Crippen MR) is 77.4 cm³/mol. The molecule has 1 aromatic heterocycles. The van der Waals surface area contributed by atoms with Crippen molar-refractivity contribution in [3.63, 3.8) is 0 Å². The molecule has 4 heteroatoms. The molecule has 0 bridgehead atoms. The van der Waals surface area contributed by atoms with Gasteiger partial charge in [-0.3, -0.25) is 9.78 Å². The lowest BCUT2D eigenvalue weighted by atomic mass is 9.78. The molecule has 104 valence electrons. The number of pyridine rings is 1. The van der Waals surface area contributed by atoms with E-state index >= 15 is 0 Å². The van der Waals surface area contributed by atoms with E-state index in [2.05, 4.69) is 17.2 Å². The van der Waals surface area contributed by atoms with Gasteiger partial charge < -0.3 is 10.2 Å². The Morgan fingerprint density at radius 1 is 1.42 bits per heavy atom. The molecule has 1 N–H and O–H groups in total. The fourth-order valence-electron chi connectivity index (χ4n) is 2.48. The van der Waals surface area contributed by atoms with Gasteiger partial charge in [-0.15, -0.1) is 0 Å². The maximum Gasteiger partial charge on any atom is 0.272 e. The minimum absolute atomic E-state index is 0.00686. The minimum Gasteiger partial charge on any atom is -0.380 e. The molecule has 19 heavy (non-hydrogen) atoms. The smallest absolute Gasteiger partial charge is 0.272 e. The van der Waals surface area contributed by atoms with Crippen molar-refractivity contribution in [2.45, 2.75) is 45.6 Å². The molecule has 0 aromatic carbocycles. The molecule has 1 amide bonds. The van der Waals surface area contributed by atoms with E-state index in [1.807, 2.05) is 26.0 Å². The first-order valence-electron chi connectivity index (χ1n) is 7.11. The molecule has 0 atom stereocenters. The monoisotopic (exact) mass is 261 g/mol. The Morgan fingerprint density at radius 2 is 2.11 bits per heavy atom. The molecule has 0 aliphatic heterocycles. The van der Waals surface area contributed by atoms with Gasteiger partial charge in [-0.1, -0.05) is 0 Å². The number of nitrogens with one attached hydrogen (secondary N) is 1. The standard InChI is InChI=1S/C15H23N3O/c1-4-18(5-2)14(19)13-11-12(7-10-16-13)17-15(3)8-6-9-15/h7,10-11H,4-6,8-9H2,1-3H3,(H,16,17). The molecule has 1 aliphatic carbocycles. The van der Waals surface area contributed by atoms with Crippen molar-refractivity contribution in [1.29, 1.82) is 0 Å². The van der Waals surface area contributed by atoms with E-state index in [4.69, 9.17) is 0 Å². The van der Waals surface area contributed by atoms with Crippen LogP contribution in [0, 0.1) is 0 Å². The van der Waals surface area contributed by atoms with Crippen molar-refractivity contribution >= 4 is 11.6 Å². The normalized spacial score (nSPS) is 16.6. The summed E-state index contributed by atoms with van der Waals surface area (Å²) in [5.41, 5.74) is 1.71. The molecule has 1 saturated carbocycles. The summed E-state index contributed by atoms with van der Waals surface area (Å²) >= 11 is 0. The zero-order valence-electron chi connectivity index (χ0n) is 12.1. The summed E-state index contributed by atoms with van der Waals surface area (Å²) in [6.45, 7) is 7.62. The molecule has 1 fully saturated rings. The Morgan fingerprint density at radius 3 is 2.63 bits per heavy atom. The summed E-state index contributed by atoms with van der Waals surface area (Å²) < 4.78 is 0. The van der Waals surface area contributed by atoms with Crippen LogP contribution in [0.4, 0.5) is 5.69 Å². The fraction of sp³-hybridized carbons (Fsp3) is 0.600. The average Bonchev–Trinajstić information content (AvgIpc) is 2.38. The molecule has 1 aromatic rings. The number of nitrogens with zero attached hydrogens (tertiary/aromatic N) is 2. The lowest BCUT2D eigenvalue weighted by Gasteiger charge is -2.40. The van der Waals surface area contributed by atoms with E-state index in [9.17, 15) is 4.79 Å². The summed E-state index contributed by atoms with van der Waals surface area (Å²) in [5.74, 6) is 0.00686. The second-order valence-electron chi connectivity index (χ2n) is 5.45. The minimum atomic E-state index is 0.00686. The van der Waals surface area contributed by atoms with Gasteiger partial charge in [-0.05, 0) is 52.2 Å². The Balaban J connectivity index is 2.12. The largest absolute Gasteiger partial charge is 0.380 e. The van der Waals surface area contributed by atoms with Gasteiger partial charge >= 0.3 is 0 Å². The van der Waals surface area contributed by atoms with Crippen molar-refractivity contribution in [1.82, 2.24) is 9.88 Å². The number of carbonyl (C=O) groups excluding carboxylic acids is 1. The first kappa shape index (κ1) is 13.8. The van der Waals surface area contributed by atoms with Crippen molar-refractivity contribution in [2.24, 2.45) is 0 Å². The van der Waals surface area contributed by atoms with Gasteiger partial charge in [0, 0.05) is 30.5 Å². The second-order valence-corrected chi connectivity index (χ2v) is 5.45. The SMILES string of the molecule is CCN(CC)C(=O)c1cc(NC2(C)CCC2)ccn1. The Hall–Kier alpha value is -1.58. The lowest BCUT2D eigenvalue weighted by Crippen LogP contribution is -2.41. The van der Waals surface area contributed by atoms with Crippen LogP contribution in [0.15, 0.2) is 18.3 Å². The highest BCUT2D eigenvalue weighted by molar-refractivity contribution is 5.93. The van der Waals surface area contributed by atoms with Crippen molar-refractivity contribution in [3.05, 3.63) is 24.0 Å². The quantitative estimate of drug-likeness (QED) is 0.886. The van der Waals surface area contributed by atoms with Crippen molar-refractivity contribution < 1.29 is 4.79 Å². The highest BCUT2D eigenvalue weighted by atomic mass is 16.2. The topological polar surface area (TPSA) is 45.2 Å². The summed E-state index contributed by atoms with van der Waals surface area (Å²) in [6, 6.07) is 3.80. The zero-order valence-corrected chi connectivity index (χ0v) is 12.1. The molecule has 1 aliphatic rings. The van der Waals surface area contributed by atoms with E-state index in [0.29, 0.717) is 18.8 Å². The first-order valence-corrected chi connectivity index (χ1v) is 7.11. The van der Waals surface area contributed by atoms with E-state index in [0.717, 1.165) is 5.69 Å². The molecular formula is C15H23N3O. The van der Waals surface area contributed by atoms with E-state index in [1.165, 1.54) is 19.3 Å². The number of hydrogen-bond acceptors (Lipinski definition) is 3. The van der Waals surface area contributed by atoms with Gasteiger partial charge in [0.2, 0.25) is 0 Å². The van der Waals surface area contributed by atoms with Crippen LogP contribution in [0.25, 0.3) is 0 Å². The summed E-state index contributed by atoms with van der Waals surface area (Å²) in [5, 5.41) is 3.51. The third-order valence-electron chi connectivity index (χ3n) is 3.93. The van der Waals surface area contributed by atoms with Crippen LogP contribution >= 0.6 is 0 Å². The highest BCUT2D eigenvalue weighted by Gasteiger charge is 2.31. The summed E-state index contributed by atoms with van der Waals surface area (Å²) in [4.78, 5) is 18.2. The Labute approximate surface area is 115 Å². The van der Waals surface area contributed by atoms with E-state index < -0.39 is 0 Å². The van der Waals surface area contributed by atoms with E-state index in [-0.39, 0.29) is 11.4 Å². The second kappa shape index (κ2) is 5.59. The molecule has 0 radical (unpaired) electrons. The van der Waals surface area contributed by atoms with Gasteiger partial charge in [0.15, 0.2) is 0 Å². The maximum absolute atomic E-state index is 12.2. The number of anilines is 1. The third-order valence-corrected chi connectivity index (χ3v) is 3.93. The first-order chi connectivity index (χ1) is 9.08. The maximum atomic E-state index is 12.2. The van der Waals surface area contributed by atoms with Gasteiger partial charge in [0.25, 0.3) is 5.91 Å². The van der Waals surface area contributed by atoms with Crippen molar-refractivity contribution in [3.8, 4) is 0 Å². The third kappa shape index (κ3) is 3.06. The van der Waals surface area contributed by atoms with Crippen LogP contribution in [-0.4, -0.2) is 34.4 Å². The van der Waals surface area contributed by atoms with Crippen LogP contribution in [0.3, 0.4) is 0 Å².